The molecule has 3 atom stereocenters. The molecular weight excluding hydrogens is 671 g/mol. The molecule has 262 valence electrons. The lowest BCUT2D eigenvalue weighted by atomic mass is 10.1. The number of phosphoric ester groups is 1. The Labute approximate surface area is 275 Å². The molecular formula is C29H39N6O11PS. The molecule has 2 heterocycles. The molecule has 6 N–H and O–H groups in total. The predicted octanol–water partition coefficient (Wildman–Crippen LogP) is 0.211. The summed E-state index contributed by atoms with van der Waals surface area (Å²) in [6.45, 7) is 1.39. The number of nitrogens with one attached hydrogen (secondary N) is 4. The lowest BCUT2D eigenvalue weighted by Crippen LogP contribution is -2.45. The number of hydrogen-bond acceptors (Lipinski definition) is 10. The molecule has 0 bridgehead atoms. The van der Waals surface area contributed by atoms with Gasteiger partial charge in [-0.15, -0.1) is 0 Å². The average Bonchev–Trinajstić information content (AvgIpc) is 3.40. The number of ether oxygens (including phenoxy) is 1. The van der Waals surface area contributed by atoms with E-state index >= 15 is 0 Å². The van der Waals surface area contributed by atoms with Crippen LogP contribution in [0.15, 0.2) is 57.1 Å². The molecule has 48 heavy (non-hydrogen) atoms. The van der Waals surface area contributed by atoms with Crippen molar-refractivity contribution < 1.29 is 41.6 Å². The summed E-state index contributed by atoms with van der Waals surface area (Å²) in [5.74, 6) is -1.99. The van der Waals surface area contributed by atoms with Crippen LogP contribution in [0.1, 0.15) is 37.5 Å². The minimum atomic E-state index is -4.99. The van der Waals surface area contributed by atoms with Crippen molar-refractivity contribution in [3.05, 3.63) is 69.0 Å². The van der Waals surface area contributed by atoms with Crippen molar-refractivity contribution in [3.63, 3.8) is 0 Å². The van der Waals surface area contributed by atoms with Gasteiger partial charge in [0.1, 0.15) is 18.4 Å². The smallest absolute Gasteiger partial charge is 0.377 e. The second-order valence-corrected chi connectivity index (χ2v) is 14.4. The minimum Gasteiger partial charge on any atom is -0.377 e. The zero-order chi connectivity index (χ0) is 35.2. The summed E-state index contributed by atoms with van der Waals surface area (Å²) in [5, 5.41) is 6.22. The summed E-state index contributed by atoms with van der Waals surface area (Å²) in [6.07, 6.45) is -0.957. The SMILES string of the molecule is Cc1cn(C2CC(OP(=O)(O)O)C(CNC(=O)C(=O)NCCCCCNS(=O)(=O)c3cccc4c(N(C)C)cccc34)O2)c(=O)[nH]c1=O. The van der Waals surface area contributed by atoms with Crippen molar-refractivity contribution in [2.75, 3.05) is 38.6 Å². The maximum Gasteiger partial charge on any atom is 0.469 e. The van der Waals surface area contributed by atoms with Gasteiger partial charge in [-0.2, -0.15) is 0 Å². The summed E-state index contributed by atoms with van der Waals surface area (Å²) in [6, 6.07) is 10.6. The first-order chi connectivity index (χ1) is 22.6. The van der Waals surface area contributed by atoms with Crippen molar-refractivity contribution in [3.8, 4) is 0 Å². The van der Waals surface area contributed by atoms with Crippen molar-refractivity contribution >= 4 is 46.1 Å². The number of benzene rings is 2. The minimum absolute atomic E-state index is 0.135. The number of H-pyrrole nitrogens is 1. The van der Waals surface area contributed by atoms with Crippen LogP contribution < -0.4 is 31.5 Å². The fraction of sp³-hybridized carbons (Fsp3) is 0.448. The molecule has 0 saturated carbocycles. The van der Waals surface area contributed by atoms with Gasteiger partial charge in [0.05, 0.1) is 4.90 Å². The highest BCUT2D eigenvalue weighted by atomic mass is 32.2. The maximum absolute atomic E-state index is 13.0. The summed E-state index contributed by atoms with van der Waals surface area (Å²) < 4.78 is 51.8. The van der Waals surface area contributed by atoms with Gasteiger partial charge in [-0.25, -0.2) is 22.5 Å². The fourth-order valence-electron chi connectivity index (χ4n) is 5.30. The Hall–Kier alpha value is -3.90. The van der Waals surface area contributed by atoms with E-state index in [9.17, 15) is 41.9 Å². The highest BCUT2D eigenvalue weighted by molar-refractivity contribution is 7.89. The molecule has 2 amide bonds. The number of sulfonamides is 1. The fourth-order valence-corrected chi connectivity index (χ4v) is 7.17. The molecule has 17 nitrogen and oxygen atoms in total. The number of nitrogens with zero attached hydrogens (tertiary/aromatic N) is 2. The normalized spacial score (nSPS) is 18.1. The number of aromatic amines is 1. The Kier molecular flexibility index (Phi) is 12.0. The van der Waals surface area contributed by atoms with E-state index in [1.807, 2.05) is 37.2 Å². The first-order valence-electron chi connectivity index (χ1n) is 15.0. The molecule has 2 aromatic carbocycles. The molecule has 3 unspecified atom stereocenters. The first-order valence-corrected chi connectivity index (χ1v) is 18.0. The second-order valence-electron chi connectivity index (χ2n) is 11.4. The summed E-state index contributed by atoms with van der Waals surface area (Å²) >= 11 is 0. The Morgan fingerprint density at radius 2 is 1.71 bits per heavy atom. The number of aryl methyl sites for hydroxylation is 1. The first kappa shape index (κ1) is 36.9. The van der Waals surface area contributed by atoms with Crippen molar-refractivity contribution in [2.24, 2.45) is 0 Å². The number of amides is 2. The van der Waals surface area contributed by atoms with Gasteiger partial charge in [0.2, 0.25) is 10.0 Å². The molecule has 19 heteroatoms. The van der Waals surface area contributed by atoms with Crippen LogP contribution in [0.5, 0.6) is 0 Å². The van der Waals surface area contributed by atoms with Crippen LogP contribution in [-0.2, 0) is 33.4 Å². The topological polar surface area (TPSA) is 238 Å². The van der Waals surface area contributed by atoms with Gasteiger partial charge in [0, 0.05) is 68.4 Å². The van der Waals surface area contributed by atoms with Gasteiger partial charge in [-0.1, -0.05) is 30.7 Å². The summed E-state index contributed by atoms with van der Waals surface area (Å²) in [7, 11) is -5.00. The summed E-state index contributed by atoms with van der Waals surface area (Å²) in [4.78, 5) is 71.5. The number of hydrogen-bond donors (Lipinski definition) is 6. The Bertz CT molecular complexity index is 1920. The number of rotatable bonds is 14. The van der Waals surface area contributed by atoms with Crippen LogP contribution in [0, 0.1) is 6.92 Å². The third kappa shape index (κ3) is 9.37. The van der Waals surface area contributed by atoms with E-state index < -0.39 is 59.3 Å². The zero-order valence-corrected chi connectivity index (χ0v) is 28.3. The van der Waals surface area contributed by atoms with E-state index in [-0.39, 0.29) is 36.5 Å². The van der Waals surface area contributed by atoms with Gasteiger partial charge < -0.3 is 30.1 Å². The highest BCUT2D eigenvalue weighted by Gasteiger charge is 2.41. The lowest BCUT2D eigenvalue weighted by Gasteiger charge is -2.19. The number of unbranched alkanes of at least 4 members (excludes halogenated alkanes) is 2. The Balaban J connectivity index is 1.21. The van der Waals surface area contributed by atoms with E-state index in [0.29, 0.717) is 24.6 Å². The number of carbonyl (C=O) groups is 2. The van der Waals surface area contributed by atoms with E-state index in [0.717, 1.165) is 15.6 Å². The highest BCUT2D eigenvalue weighted by Crippen LogP contribution is 2.43. The number of aromatic nitrogens is 2. The number of anilines is 1. The molecule has 4 rings (SSSR count). The lowest BCUT2D eigenvalue weighted by molar-refractivity contribution is -0.139. The molecule has 1 fully saturated rings. The third-order valence-electron chi connectivity index (χ3n) is 7.64. The van der Waals surface area contributed by atoms with Crippen LogP contribution in [0.2, 0.25) is 0 Å². The maximum atomic E-state index is 13.0. The van der Waals surface area contributed by atoms with Gasteiger partial charge in [-0.3, -0.25) is 28.5 Å². The molecule has 3 aromatic rings. The Morgan fingerprint density at radius 3 is 2.42 bits per heavy atom. The molecule has 1 aliphatic heterocycles. The van der Waals surface area contributed by atoms with Gasteiger partial charge in [-0.05, 0) is 31.9 Å². The predicted molar refractivity (Wildman–Crippen MR) is 175 cm³/mol. The summed E-state index contributed by atoms with van der Waals surface area (Å²) in [5.41, 5.74) is -0.322. The van der Waals surface area contributed by atoms with E-state index in [4.69, 9.17) is 9.26 Å². The van der Waals surface area contributed by atoms with Crippen LogP contribution in [0.4, 0.5) is 5.69 Å². The standard InChI is InChI=1S/C29H39N6O11PS/c1-18-17-35(29(39)33-26(18)36)25-15-22(46-47(40,41)42)23(45-25)16-31-28(38)27(37)30-13-5-4-6-14-32-48(43,44)24-12-8-9-19-20(24)10-7-11-21(19)34(2)3/h7-12,17,22-23,25,32H,4-6,13-16H2,1-3H3,(H,30,37)(H,31,38)(H,33,36,39)(H2,40,41,42). The van der Waals surface area contributed by atoms with Gasteiger partial charge in [0.25, 0.3) is 5.56 Å². The zero-order valence-electron chi connectivity index (χ0n) is 26.5. The quantitative estimate of drug-likeness (QED) is 0.0748. The van der Waals surface area contributed by atoms with Gasteiger partial charge in [0.15, 0.2) is 0 Å². The largest absolute Gasteiger partial charge is 0.469 e. The average molecular weight is 711 g/mol. The number of carbonyl (C=O) groups excluding carboxylic acids is 2. The molecule has 0 aliphatic carbocycles. The van der Waals surface area contributed by atoms with Crippen molar-refractivity contribution in [1.29, 1.82) is 0 Å². The molecule has 1 saturated heterocycles. The monoisotopic (exact) mass is 710 g/mol. The molecule has 1 aliphatic rings. The number of fused-ring (bicyclic) bond motifs is 1. The van der Waals surface area contributed by atoms with Crippen LogP contribution in [0.3, 0.4) is 0 Å². The molecule has 1 aromatic heterocycles. The Morgan fingerprint density at radius 1 is 1.04 bits per heavy atom. The molecule has 0 radical (unpaired) electrons. The van der Waals surface area contributed by atoms with Crippen molar-refractivity contribution in [1.82, 2.24) is 24.9 Å². The van der Waals surface area contributed by atoms with Crippen LogP contribution in [0.25, 0.3) is 10.8 Å². The number of phosphoric acid groups is 1. The van der Waals surface area contributed by atoms with E-state index in [2.05, 4.69) is 20.3 Å². The van der Waals surface area contributed by atoms with Crippen LogP contribution in [-0.4, -0.2) is 85.5 Å². The third-order valence-corrected chi connectivity index (χ3v) is 9.71. The van der Waals surface area contributed by atoms with Crippen molar-refractivity contribution in [2.45, 2.75) is 55.9 Å². The second kappa shape index (κ2) is 15.5. The van der Waals surface area contributed by atoms with Crippen LogP contribution >= 0.6 is 7.82 Å². The van der Waals surface area contributed by atoms with E-state index in [1.165, 1.54) is 13.1 Å². The molecule has 0 spiro atoms. The van der Waals surface area contributed by atoms with E-state index in [1.54, 1.807) is 18.2 Å². The van der Waals surface area contributed by atoms with Gasteiger partial charge >= 0.3 is 25.3 Å².